The van der Waals surface area contributed by atoms with E-state index in [1.54, 1.807) is 22.8 Å². The summed E-state index contributed by atoms with van der Waals surface area (Å²) in [7, 11) is 1.76. The Balaban J connectivity index is 1.57. The van der Waals surface area contributed by atoms with Gasteiger partial charge in [0.15, 0.2) is 0 Å². The largest absolute Gasteiger partial charge is 0.342 e. The summed E-state index contributed by atoms with van der Waals surface area (Å²) < 4.78 is 3.58. The number of hydrogen-bond acceptors (Lipinski definition) is 5. The zero-order chi connectivity index (χ0) is 21.5. The van der Waals surface area contributed by atoms with Crippen molar-refractivity contribution in [1.82, 2.24) is 34.7 Å². The fourth-order valence-corrected chi connectivity index (χ4v) is 3.95. The summed E-state index contributed by atoms with van der Waals surface area (Å²) in [6.07, 6.45) is 6.96. The normalized spacial score (nSPS) is 17.3. The molecule has 0 radical (unpaired) electrons. The van der Waals surface area contributed by atoms with Crippen molar-refractivity contribution >= 4 is 17.3 Å². The number of carbonyl (C=O) groups excluding carboxylic acids is 2. The van der Waals surface area contributed by atoms with Crippen LogP contribution < -0.4 is 10.6 Å². The molecule has 1 aliphatic heterocycles. The lowest BCUT2D eigenvalue weighted by atomic mass is 10.0. The van der Waals surface area contributed by atoms with E-state index in [0.717, 1.165) is 16.9 Å². The molecule has 158 valence electrons. The summed E-state index contributed by atoms with van der Waals surface area (Å²) in [6, 6.07) is 3.38. The molecule has 0 saturated carbocycles. The quantitative estimate of drug-likeness (QED) is 0.666. The van der Waals surface area contributed by atoms with E-state index in [0.29, 0.717) is 25.2 Å². The summed E-state index contributed by atoms with van der Waals surface area (Å²) in [5.41, 5.74) is 1.87. The Morgan fingerprint density at radius 3 is 2.83 bits per heavy atom. The zero-order valence-electron chi connectivity index (χ0n) is 17.7. The third-order valence-electron chi connectivity index (χ3n) is 5.54. The van der Waals surface area contributed by atoms with Crippen LogP contribution in [0, 0.1) is 6.92 Å². The van der Waals surface area contributed by atoms with Crippen molar-refractivity contribution in [3.05, 3.63) is 53.9 Å². The van der Waals surface area contributed by atoms with E-state index >= 15 is 0 Å². The van der Waals surface area contributed by atoms with E-state index in [9.17, 15) is 9.59 Å². The average Bonchev–Trinajstić information content (AvgIpc) is 3.34. The van der Waals surface area contributed by atoms with E-state index in [1.807, 2.05) is 49.7 Å². The maximum atomic E-state index is 13.3. The molecule has 4 heterocycles. The molecular weight excluding hydrogens is 382 g/mol. The number of aryl methyl sites for hydroxylation is 2. The summed E-state index contributed by atoms with van der Waals surface area (Å²) >= 11 is 0. The minimum atomic E-state index is -0.724. The second-order valence-corrected chi connectivity index (χ2v) is 8.26. The molecule has 9 nitrogen and oxygen atoms in total. The number of carbonyl (C=O) groups is 2. The van der Waals surface area contributed by atoms with Gasteiger partial charge < -0.3 is 19.9 Å². The summed E-state index contributed by atoms with van der Waals surface area (Å²) in [5, 5.41) is 10.4. The number of fused-ring (bicyclic) bond motifs is 1. The van der Waals surface area contributed by atoms with Crippen molar-refractivity contribution in [3.63, 3.8) is 0 Å². The zero-order valence-corrected chi connectivity index (χ0v) is 17.7. The lowest BCUT2D eigenvalue weighted by Gasteiger charge is -2.37. The molecule has 30 heavy (non-hydrogen) atoms. The number of imidazole rings is 1. The van der Waals surface area contributed by atoms with Crippen LogP contribution in [0.2, 0.25) is 0 Å². The van der Waals surface area contributed by atoms with Gasteiger partial charge in [-0.3, -0.25) is 14.3 Å². The first-order chi connectivity index (χ1) is 14.3. The van der Waals surface area contributed by atoms with Crippen molar-refractivity contribution in [2.45, 2.75) is 32.4 Å². The maximum absolute atomic E-state index is 13.3. The van der Waals surface area contributed by atoms with Crippen molar-refractivity contribution in [1.29, 1.82) is 0 Å². The van der Waals surface area contributed by atoms with E-state index in [-0.39, 0.29) is 11.8 Å². The number of rotatable bonds is 4. The van der Waals surface area contributed by atoms with Gasteiger partial charge in [-0.1, -0.05) is 6.07 Å². The summed E-state index contributed by atoms with van der Waals surface area (Å²) in [6.45, 7) is 7.37. The van der Waals surface area contributed by atoms with Crippen LogP contribution in [0.5, 0.6) is 0 Å². The molecule has 3 aromatic rings. The summed E-state index contributed by atoms with van der Waals surface area (Å²) in [4.78, 5) is 32.4. The molecule has 0 spiro atoms. The molecule has 2 N–H and O–H groups in total. The van der Waals surface area contributed by atoms with Crippen LogP contribution in [0.15, 0.2) is 36.9 Å². The molecule has 4 rings (SSSR count). The molecule has 1 atom stereocenters. The number of nitrogens with one attached hydrogen (secondary N) is 2. The number of piperazine rings is 1. The van der Waals surface area contributed by atoms with E-state index < -0.39 is 11.6 Å². The van der Waals surface area contributed by atoms with Gasteiger partial charge in [0, 0.05) is 39.1 Å². The van der Waals surface area contributed by atoms with Crippen LogP contribution in [0.25, 0.3) is 5.52 Å². The highest BCUT2D eigenvalue weighted by molar-refractivity contribution is 5.97. The third kappa shape index (κ3) is 3.56. The number of amides is 2. The second kappa shape index (κ2) is 7.56. The molecule has 2 amide bonds. The maximum Gasteiger partial charge on any atom is 0.257 e. The third-order valence-corrected chi connectivity index (χ3v) is 5.54. The molecule has 1 aliphatic rings. The molecule has 0 aromatic carbocycles. The van der Waals surface area contributed by atoms with Crippen molar-refractivity contribution in [3.8, 4) is 0 Å². The molecule has 3 aromatic heterocycles. The van der Waals surface area contributed by atoms with Crippen molar-refractivity contribution < 1.29 is 9.59 Å². The van der Waals surface area contributed by atoms with Gasteiger partial charge >= 0.3 is 0 Å². The number of hydrogen-bond donors (Lipinski definition) is 2. The minimum absolute atomic E-state index is 0.190. The van der Waals surface area contributed by atoms with Crippen molar-refractivity contribution in [2.24, 2.45) is 7.05 Å². The smallest absolute Gasteiger partial charge is 0.257 e. The Labute approximate surface area is 175 Å². The van der Waals surface area contributed by atoms with Crippen LogP contribution in [-0.2, 0) is 17.4 Å². The lowest BCUT2D eigenvalue weighted by Crippen LogP contribution is -2.61. The Morgan fingerprint density at radius 2 is 2.10 bits per heavy atom. The highest BCUT2D eigenvalue weighted by Gasteiger charge is 2.37. The van der Waals surface area contributed by atoms with Crippen LogP contribution in [-0.4, -0.2) is 61.6 Å². The average molecular weight is 409 g/mol. The number of aromatic nitrogens is 4. The van der Waals surface area contributed by atoms with Gasteiger partial charge in [0.2, 0.25) is 5.91 Å². The van der Waals surface area contributed by atoms with Crippen LogP contribution in [0.3, 0.4) is 0 Å². The molecule has 9 heteroatoms. The van der Waals surface area contributed by atoms with Gasteiger partial charge in [0.1, 0.15) is 11.9 Å². The predicted octanol–water partition coefficient (Wildman–Crippen LogP) is 0.842. The van der Waals surface area contributed by atoms with Gasteiger partial charge in [-0.25, -0.2) is 4.98 Å². The molecule has 0 unspecified atom stereocenters. The molecule has 1 fully saturated rings. The standard InChI is InChI=1S/C21H27N7O2/c1-14-6-5-8-28-16(14)12-23-20(28)21(2,3)25-18(29)17-11-22-7-9-27(17)19(30)15-10-24-26(4)13-15/h5-6,8,10,12-13,17,22H,7,9,11H2,1-4H3,(H,25,29)/t17-/m1/s1. The first kappa shape index (κ1) is 20.1. The first-order valence-electron chi connectivity index (χ1n) is 10.0. The van der Waals surface area contributed by atoms with E-state index in [2.05, 4.69) is 20.7 Å². The van der Waals surface area contributed by atoms with Gasteiger partial charge in [0.25, 0.3) is 5.91 Å². The van der Waals surface area contributed by atoms with Gasteiger partial charge in [-0.15, -0.1) is 0 Å². The van der Waals surface area contributed by atoms with E-state index in [1.165, 1.54) is 6.20 Å². The fourth-order valence-electron chi connectivity index (χ4n) is 3.95. The topological polar surface area (TPSA) is 96.6 Å². The lowest BCUT2D eigenvalue weighted by molar-refractivity contribution is -0.128. The molecular formula is C21H27N7O2. The Morgan fingerprint density at radius 1 is 1.30 bits per heavy atom. The molecule has 0 aliphatic carbocycles. The number of pyridine rings is 1. The van der Waals surface area contributed by atoms with Gasteiger partial charge in [0.05, 0.1) is 29.0 Å². The highest BCUT2D eigenvalue weighted by atomic mass is 16.2. The highest BCUT2D eigenvalue weighted by Crippen LogP contribution is 2.23. The Hall–Kier alpha value is -3.20. The monoisotopic (exact) mass is 409 g/mol. The van der Waals surface area contributed by atoms with Crippen LogP contribution in [0.1, 0.15) is 35.6 Å². The SMILES string of the molecule is Cc1cccn2c(C(C)(C)NC(=O)[C@H]3CNCCN3C(=O)c3cnn(C)c3)ncc12. The van der Waals surface area contributed by atoms with Gasteiger partial charge in [-0.05, 0) is 32.4 Å². The second-order valence-electron chi connectivity index (χ2n) is 8.26. The van der Waals surface area contributed by atoms with Crippen LogP contribution in [0.4, 0.5) is 0 Å². The minimum Gasteiger partial charge on any atom is -0.342 e. The Bertz CT molecular complexity index is 1100. The first-order valence-corrected chi connectivity index (χ1v) is 10.0. The number of nitrogens with zero attached hydrogens (tertiary/aromatic N) is 5. The predicted molar refractivity (Wildman–Crippen MR) is 112 cm³/mol. The fraction of sp³-hybridized carbons (Fsp3) is 0.429. The molecule has 0 bridgehead atoms. The van der Waals surface area contributed by atoms with Gasteiger partial charge in [-0.2, -0.15) is 5.10 Å². The van der Waals surface area contributed by atoms with Crippen molar-refractivity contribution in [2.75, 3.05) is 19.6 Å². The summed E-state index contributed by atoms with van der Waals surface area (Å²) in [5.74, 6) is 0.335. The Kier molecular flexibility index (Phi) is 5.07. The molecule has 1 saturated heterocycles. The van der Waals surface area contributed by atoms with Crippen LogP contribution >= 0.6 is 0 Å². The van der Waals surface area contributed by atoms with E-state index in [4.69, 9.17) is 0 Å².